The van der Waals surface area contributed by atoms with E-state index in [9.17, 15) is 0 Å². The van der Waals surface area contributed by atoms with E-state index in [4.69, 9.17) is 0 Å². The average Bonchev–Trinajstić information content (AvgIpc) is 2.95. The van der Waals surface area contributed by atoms with E-state index in [1.807, 2.05) is 0 Å². The van der Waals surface area contributed by atoms with E-state index in [1.165, 1.54) is 17.9 Å². The predicted octanol–water partition coefficient (Wildman–Crippen LogP) is 3.54. The molecule has 0 aliphatic heterocycles. The van der Waals surface area contributed by atoms with Gasteiger partial charge < -0.3 is 0 Å². The first kappa shape index (κ1) is 9.14. The second-order valence-electron chi connectivity index (χ2n) is 3.67. The molecule has 0 aromatic heterocycles. The van der Waals surface area contributed by atoms with Crippen molar-refractivity contribution in [2.45, 2.75) is 19.3 Å². The minimum atomic E-state index is 0.875. The molecular weight excluding hydrogens is 176 g/mol. The summed E-state index contributed by atoms with van der Waals surface area (Å²) in [5.74, 6) is 4.46. The number of thioether (sulfide) groups is 1. The third kappa shape index (κ3) is 2.28. The van der Waals surface area contributed by atoms with Gasteiger partial charge in [-0.3, -0.25) is 0 Å². The van der Waals surface area contributed by atoms with Gasteiger partial charge in [0.1, 0.15) is 0 Å². The van der Waals surface area contributed by atoms with Crippen molar-refractivity contribution >= 4 is 11.8 Å². The molecule has 1 saturated carbocycles. The molecule has 0 saturated heterocycles. The Labute approximate surface area is 84.7 Å². The SMILES string of the molecule is CCSCC1CC1c1ccccc1. The topological polar surface area (TPSA) is 0 Å². The molecule has 1 aliphatic rings. The summed E-state index contributed by atoms with van der Waals surface area (Å²) in [5.41, 5.74) is 1.55. The first-order valence-corrected chi connectivity index (χ1v) is 6.20. The summed E-state index contributed by atoms with van der Waals surface area (Å²) in [4.78, 5) is 0. The third-order valence-electron chi connectivity index (χ3n) is 2.69. The van der Waals surface area contributed by atoms with E-state index in [-0.39, 0.29) is 0 Å². The van der Waals surface area contributed by atoms with E-state index in [0.717, 1.165) is 11.8 Å². The molecule has 0 bridgehead atoms. The summed E-state index contributed by atoms with van der Waals surface area (Å²) < 4.78 is 0. The van der Waals surface area contributed by atoms with Gasteiger partial charge in [-0.05, 0) is 35.3 Å². The Morgan fingerprint density at radius 2 is 2.08 bits per heavy atom. The van der Waals surface area contributed by atoms with Gasteiger partial charge in [0.15, 0.2) is 0 Å². The van der Waals surface area contributed by atoms with Crippen molar-refractivity contribution in [3.63, 3.8) is 0 Å². The summed E-state index contributed by atoms with van der Waals surface area (Å²) in [7, 11) is 0. The standard InChI is InChI=1S/C12H16S/c1-2-13-9-11-8-12(11)10-6-4-3-5-7-10/h3-7,11-12H,2,8-9H2,1H3. The molecule has 0 radical (unpaired) electrons. The van der Waals surface area contributed by atoms with Gasteiger partial charge in [0, 0.05) is 0 Å². The lowest BCUT2D eigenvalue weighted by Crippen LogP contribution is -1.86. The van der Waals surface area contributed by atoms with Crippen molar-refractivity contribution in [3.05, 3.63) is 35.9 Å². The maximum absolute atomic E-state index is 2.27. The minimum absolute atomic E-state index is 0.875. The molecule has 0 amide bonds. The predicted molar refractivity (Wildman–Crippen MR) is 60.3 cm³/mol. The van der Waals surface area contributed by atoms with Crippen LogP contribution in [-0.4, -0.2) is 11.5 Å². The van der Waals surface area contributed by atoms with Crippen LogP contribution in [0.3, 0.4) is 0 Å². The molecule has 1 heteroatoms. The smallest absolute Gasteiger partial charge is 0.00332 e. The zero-order valence-electron chi connectivity index (χ0n) is 8.07. The van der Waals surface area contributed by atoms with Crippen LogP contribution < -0.4 is 0 Å². The van der Waals surface area contributed by atoms with E-state index in [0.29, 0.717) is 0 Å². The highest BCUT2D eigenvalue weighted by Gasteiger charge is 2.37. The lowest BCUT2D eigenvalue weighted by molar-refractivity contribution is 0.929. The van der Waals surface area contributed by atoms with Crippen molar-refractivity contribution in [3.8, 4) is 0 Å². The maximum atomic E-state index is 2.27. The Balaban J connectivity index is 1.86. The van der Waals surface area contributed by atoms with E-state index in [1.54, 1.807) is 5.56 Å². The van der Waals surface area contributed by atoms with Crippen molar-refractivity contribution in [2.75, 3.05) is 11.5 Å². The second kappa shape index (κ2) is 4.19. The molecule has 0 spiro atoms. The van der Waals surface area contributed by atoms with E-state index < -0.39 is 0 Å². The summed E-state index contributed by atoms with van der Waals surface area (Å²) in [6.07, 6.45) is 1.41. The minimum Gasteiger partial charge on any atom is -0.162 e. The Morgan fingerprint density at radius 1 is 1.31 bits per heavy atom. The number of rotatable bonds is 4. The van der Waals surface area contributed by atoms with Crippen molar-refractivity contribution < 1.29 is 0 Å². The number of hydrogen-bond acceptors (Lipinski definition) is 1. The second-order valence-corrected chi connectivity index (χ2v) is 4.99. The molecule has 1 fully saturated rings. The quantitative estimate of drug-likeness (QED) is 0.703. The van der Waals surface area contributed by atoms with Crippen LogP contribution >= 0.6 is 11.8 Å². The molecule has 1 aromatic rings. The largest absolute Gasteiger partial charge is 0.162 e. The first-order valence-electron chi connectivity index (χ1n) is 5.04. The molecule has 1 aliphatic carbocycles. The van der Waals surface area contributed by atoms with Gasteiger partial charge in [0.2, 0.25) is 0 Å². The molecule has 1 aromatic carbocycles. The Hall–Kier alpha value is -0.430. The van der Waals surface area contributed by atoms with Crippen LogP contribution in [-0.2, 0) is 0 Å². The van der Waals surface area contributed by atoms with Gasteiger partial charge in [0.05, 0.1) is 0 Å². The van der Waals surface area contributed by atoms with Crippen LogP contribution in [0.25, 0.3) is 0 Å². The van der Waals surface area contributed by atoms with Crippen LogP contribution in [0.1, 0.15) is 24.8 Å². The van der Waals surface area contributed by atoms with Gasteiger partial charge >= 0.3 is 0 Å². The number of benzene rings is 1. The fourth-order valence-corrected chi connectivity index (χ4v) is 2.72. The third-order valence-corrected chi connectivity index (χ3v) is 3.76. The fraction of sp³-hybridized carbons (Fsp3) is 0.500. The monoisotopic (exact) mass is 192 g/mol. The summed E-state index contributed by atoms with van der Waals surface area (Å²) in [5, 5.41) is 0. The normalized spacial score (nSPS) is 25.9. The highest BCUT2D eigenvalue weighted by molar-refractivity contribution is 7.99. The highest BCUT2D eigenvalue weighted by atomic mass is 32.2. The molecule has 2 atom stereocenters. The lowest BCUT2D eigenvalue weighted by Gasteiger charge is -1.98. The Bertz CT molecular complexity index is 255. The summed E-state index contributed by atoms with van der Waals surface area (Å²) in [6, 6.07) is 10.9. The summed E-state index contributed by atoms with van der Waals surface area (Å²) in [6.45, 7) is 2.24. The van der Waals surface area contributed by atoms with Gasteiger partial charge in [0.25, 0.3) is 0 Å². The van der Waals surface area contributed by atoms with Crippen molar-refractivity contribution in [2.24, 2.45) is 5.92 Å². The molecule has 70 valence electrons. The average molecular weight is 192 g/mol. The number of hydrogen-bond donors (Lipinski definition) is 0. The molecular formula is C12H16S. The van der Waals surface area contributed by atoms with Gasteiger partial charge in [-0.2, -0.15) is 11.8 Å². The molecule has 2 unspecified atom stereocenters. The molecule has 0 heterocycles. The Kier molecular flexibility index (Phi) is 2.94. The lowest BCUT2D eigenvalue weighted by atomic mass is 10.1. The van der Waals surface area contributed by atoms with Crippen LogP contribution in [0.2, 0.25) is 0 Å². The molecule has 13 heavy (non-hydrogen) atoms. The van der Waals surface area contributed by atoms with Crippen LogP contribution in [0.4, 0.5) is 0 Å². The molecule has 2 rings (SSSR count). The van der Waals surface area contributed by atoms with Crippen molar-refractivity contribution in [1.29, 1.82) is 0 Å². The van der Waals surface area contributed by atoms with Crippen LogP contribution in [0, 0.1) is 5.92 Å². The molecule has 0 N–H and O–H groups in total. The van der Waals surface area contributed by atoms with E-state index >= 15 is 0 Å². The maximum Gasteiger partial charge on any atom is -0.00332 e. The first-order chi connectivity index (χ1) is 6.42. The van der Waals surface area contributed by atoms with Gasteiger partial charge in [-0.1, -0.05) is 37.3 Å². The zero-order chi connectivity index (χ0) is 9.10. The van der Waals surface area contributed by atoms with Crippen molar-refractivity contribution in [1.82, 2.24) is 0 Å². The van der Waals surface area contributed by atoms with Gasteiger partial charge in [-0.15, -0.1) is 0 Å². The van der Waals surface area contributed by atoms with Gasteiger partial charge in [-0.25, -0.2) is 0 Å². The molecule has 0 nitrogen and oxygen atoms in total. The zero-order valence-corrected chi connectivity index (χ0v) is 8.89. The summed E-state index contributed by atoms with van der Waals surface area (Å²) >= 11 is 2.08. The van der Waals surface area contributed by atoms with E-state index in [2.05, 4.69) is 49.0 Å². The fourth-order valence-electron chi connectivity index (χ4n) is 1.81. The Morgan fingerprint density at radius 3 is 2.77 bits per heavy atom. The van der Waals surface area contributed by atoms with Crippen LogP contribution in [0.15, 0.2) is 30.3 Å². The van der Waals surface area contributed by atoms with Crippen LogP contribution in [0.5, 0.6) is 0 Å². The highest BCUT2D eigenvalue weighted by Crippen LogP contribution is 2.48.